The summed E-state index contributed by atoms with van der Waals surface area (Å²) in [5.41, 5.74) is 0.455. The van der Waals surface area contributed by atoms with Gasteiger partial charge in [0.05, 0.1) is 25.6 Å². The Balaban J connectivity index is 2.29. The van der Waals surface area contributed by atoms with Crippen LogP contribution in [0.2, 0.25) is 0 Å². The van der Waals surface area contributed by atoms with E-state index in [1.165, 1.54) is 7.11 Å². The molecule has 1 N–H and O–H groups in total. The van der Waals surface area contributed by atoms with Crippen molar-refractivity contribution in [2.45, 2.75) is 45.1 Å². The number of hydrogen-bond acceptors (Lipinski definition) is 6. The molecule has 1 fully saturated rings. The van der Waals surface area contributed by atoms with Crippen molar-refractivity contribution in [3.05, 3.63) is 23.8 Å². The molecule has 0 atom stereocenters. The van der Waals surface area contributed by atoms with Crippen molar-refractivity contribution >= 4 is 23.7 Å². The minimum atomic E-state index is -0.645. The number of benzene rings is 1. The number of cyclic esters (lactones) is 2. The molecule has 24 heavy (non-hydrogen) atoms. The van der Waals surface area contributed by atoms with Gasteiger partial charge in [0.15, 0.2) is 0 Å². The van der Waals surface area contributed by atoms with Crippen molar-refractivity contribution in [2.75, 3.05) is 12.4 Å². The molecule has 7 heteroatoms. The largest absolute Gasteiger partial charge is 0.497 e. The van der Waals surface area contributed by atoms with Gasteiger partial charge in [0.25, 0.3) is 0 Å². The van der Waals surface area contributed by atoms with Gasteiger partial charge in [-0.2, -0.15) is 0 Å². The molecular weight excluding hydrogens is 314 g/mol. The minimum absolute atomic E-state index is 0.0705. The third-order valence-electron chi connectivity index (χ3n) is 3.39. The first-order valence-corrected chi connectivity index (χ1v) is 7.59. The second-order valence-corrected chi connectivity index (χ2v) is 6.53. The first kappa shape index (κ1) is 17.8. The molecule has 7 nitrogen and oxygen atoms in total. The van der Waals surface area contributed by atoms with Crippen LogP contribution in [0.25, 0.3) is 0 Å². The first-order chi connectivity index (χ1) is 11.2. The van der Waals surface area contributed by atoms with Crippen molar-refractivity contribution in [3.63, 3.8) is 0 Å². The fourth-order valence-corrected chi connectivity index (χ4v) is 2.44. The van der Waals surface area contributed by atoms with Gasteiger partial charge >= 0.3 is 18.0 Å². The Morgan fingerprint density at radius 3 is 2.38 bits per heavy atom. The third-order valence-corrected chi connectivity index (χ3v) is 3.39. The highest BCUT2D eigenvalue weighted by Gasteiger charge is 2.30. The van der Waals surface area contributed by atoms with Gasteiger partial charge in [-0.15, -0.1) is 0 Å². The van der Waals surface area contributed by atoms with E-state index in [0.29, 0.717) is 17.0 Å². The van der Waals surface area contributed by atoms with Crippen molar-refractivity contribution in [1.29, 1.82) is 0 Å². The highest BCUT2D eigenvalue weighted by molar-refractivity contribution is 5.91. The van der Waals surface area contributed by atoms with Crippen LogP contribution in [0.15, 0.2) is 18.2 Å². The summed E-state index contributed by atoms with van der Waals surface area (Å²) in [6.07, 6.45) is -0.482. The van der Waals surface area contributed by atoms with Crippen LogP contribution < -0.4 is 10.1 Å². The van der Waals surface area contributed by atoms with Gasteiger partial charge in [-0.05, 0) is 32.4 Å². The van der Waals surface area contributed by atoms with E-state index in [-0.39, 0.29) is 18.8 Å². The second kappa shape index (κ2) is 6.90. The molecule has 2 rings (SSSR count). The molecule has 1 aromatic carbocycles. The summed E-state index contributed by atoms with van der Waals surface area (Å²) in [7, 11) is 1.51. The summed E-state index contributed by atoms with van der Waals surface area (Å²) < 4.78 is 15.0. The van der Waals surface area contributed by atoms with Gasteiger partial charge in [-0.3, -0.25) is 14.9 Å². The number of amides is 1. The van der Waals surface area contributed by atoms with Crippen LogP contribution in [-0.2, 0) is 19.1 Å². The average Bonchev–Trinajstić information content (AvgIpc) is 2.43. The Morgan fingerprint density at radius 1 is 1.21 bits per heavy atom. The molecule has 1 amide bonds. The first-order valence-electron chi connectivity index (χ1n) is 7.59. The van der Waals surface area contributed by atoms with Gasteiger partial charge in [-0.25, -0.2) is 4.79 Å². The predicted octanol–water partition coefficient (Wildman–Crippen LogP) is 2.99. The maximum atomic E-state index is 12.1. The van der Waals surface area contributed by atoms with E-state index in [1.54, 1.807) is 39.0 Å². The van der Waals surface area contributed by atoms with E-state index >= 15 is 0 Å². The molecule has 1 heterocycles. The molecule has 0 bridgehead atoms. The predicted molar refractivity (Wildman–Crippen MR) is 85.9 cm³/mol. The topological polar surface area (TPSA) is 90.9 Å². The van der Waals surface area contributed by atoms with Crippen LogP contribution >= 0.6 is 0 Å². The SMILES string of the molecule is COc1ccc(C2CC(=O)OC(=O)C2)c(NC(=O)OC(C)(C)C)c1. The van der Waals surface area contributed by atoms with Gasteiger partial charge in [0.1, 0.15) is 11.4 Å². The van der Waals surface area contributed by atoms with Crippen molar-refractivity contribution in [2.24, 2.45) is 0 Å². The number of methoxy groups -OCH3 is 1. The summed E-state index contributed by atoms with van der Waals surface area (Å²) in [4.78, 5) is 35.1. The third kappa shape index (κ3) is 4.71. The second-order valence-electron chi connectivity index (χ2n) is 6.53. The van der Waals surface area contributed by atoms with E-state index in [4.69, 9.17) is 9.47 Å². The van der Waals surface area contributed by atoms with Crippen LogP contribution in [0.3, 0.4) is 0 Å². The highest BCUT2D eigenvalue weighted by Crippen LogP contribution is 2.35. The fourth-order valence-electron chi connectivity index (χ4n) is 2.44. The van der Waals surface area contributed by atoms with Gasteiger partial charge in [-0.1, -0.05) is 6.07 Å². The molecule has 0 spiro atoms. The van der Waals surface area contributed by atoms with Gasteiger partial charge in [0, 0.05) is 12.0 Å². The maximum Gasteiger partial charge on any atom is 0.412 e. The van der Waals surface area contributed by atoms with Crippen LogP contribution in [0.1, 0.15) is 45.1 Å². The lowest BCUT2D eigenvalue weighted by Gasteiger charge is -2.24. The Morgan fingerprint density at radius 2 is 1.83 bits per heavy atom. The standard InChI is InChI=1S/C17H21NO6/c1-17(2,3)24-16(21)18-13-9-11(22-4)5-6-12(13)10-7-14(19)23-15(20)8-10/h5-6,9-10H,7-8H2,1-4H3,(H,18,21). The number of hydrogen-bond donors (Lipinski definition) is 1. The minimum Gasteiger partial charge on any atom is -0.497 e. The zero-order valence-corrected chi connectivity index (χ0v) is 14.2. The van der Waals surface area contributed by atoms with Crippen LogP contribution in [0.5, 0.6) is 5.75 Å². The molecule has 0 aromatic heterocycles. The van der Waals surface area contributed by atoms with Gasteiger partial charge < -0.3 is 14.2 Å². The summed E-state index contributed by atoms with van der Waals surface area (Å²) in [6.45, 7) is 5.28. The number of esters is 2. The molecule has 0 aliphatic carbocycles. The van der Waals surface area contributed by atoms with E-state index < -0.39 is 23.6 Å². The van der Waals surface area contributed by atoms with Crippen molar-refractivity contribution in [3.8, 4) is 5.75 Å². The normalized spacial score (nSPS) is 15.7. The Kier molecular flexibility index (Phi) is 5.11. The Hall–Kier alpha value is -2.57. The molecule has 0 radical (unpaired) electrons. The molecule has 1 aliphatic heterocycles. The molecule has 1 saturated heterocycles. The number of rotatable bonds is 3. The van der Waals surface area contributed by atoms with Crippen LogP contribution in [0.4, 0.5) is 10.5 Å². The molecule has 0 unspecified atom stereocenters. The molecule has 1 aromatic rings. The smallest absolute Gasteiger partial charge is 0.412 e. The quantitative estimate of drug-likeness (QED) is 0.674. The van der Waals surface area contributed by atoms with E-state index in [1.807, 2.05) is 0 Å². The zero-order chi connectivity index (χ0) is 17.9. The average molecular weight is 335 g/mol. The van der Waals surface area contributed by atoms with Crippen molar-refractivity contribution in [1.82, 2.24) is 0 Å². The van der Waals surface area contributed by atoms with E-state index in [0.717, 1.165) is 0 Å². The fraction of sp³-hybridized carbons (Fsp3) is 0.471. The van der Waals surface area contributed by atoms with Crippen molar-refractivity contribution < 1.29 is 28.6 Å². The summed E-state index contributed by atoms with van der Waals surface area (Å²) in [6, 6.07) is 5.06. The number of ether oxygens (including phenoxy) is 3. The summed E-state index contributed by atoms with van der Waals surface area (Å²) in [5, 5.41) is 2.66. The maximum absolute atomic E-state index is 12.1. The number of carbonyl (C=O) groups is 3. The lowest BCUT2D eigenvalue weighted by molar-refractivity contribution is -0.163. The number of carbonyl (C=O) groups excluding carboxylic acids is 3. The highest BCUT2D eigenvalue weighted by atomic mass is 16.6. The molecule has 1 aliphatic rings. The summed E-state index contributed by atoms with van der Waals surface area (Å²) >= 11 is 0. The van der Waals surface area contributed by atoms with E-state index in [2.05, 4.69) is 10.1 Å². The lowest BCUT2D eigenvalue weighted by atomic mass is 9.89. The van der Waals surface area contributed by atoms with Gasteiger partial charge in [0.2, 0.25) is 0 Å². The van der Waals surface area contributed by atoms with Crippen LogP contribution in [-0.4, -0.2) is 30.7 Å². The monoisotopic (exact) mass is 335 g/mol. The lowest BCUT2D eigenvalue weighted by Crippen LogP contribution is -2.28. The number of nitrogens with one attached hydrogen (secondary N) is 1. The zero-order valence-electron chi connectivity index (χ0n) is 14.2. The molecule has 130 valence electrons. The van der Waals surface area contributed by atoms with Crippen LogP contribution in [0, 0.1) is 0 Å². The van der Waals surface area contributed by atoms with E-state index in [9.17, 15) is 14.4 Å². The molecule has 0 saturated carbocycles. The summed E-state index contributed by atoms with van der Waals surface area (Å²) in [5.74, 6) is -0.977. The molecular formula is C17H21NO6. The Labute approximate surface area is 140 Å². The Bertz CT molecular complexity index is 646. The number of anilines is 1.